The Morgan fingerprint density at radius 2 is 1.89 bits per heavy atom. The number of hydrogen-bond acceptors (Lipinski definition) is 3. The van der Waals surface area contributed by atoms with Gasteiger partial charge >= 0.3 is 0 Å². The monoisotopic (exact) mass is 467 g/mol. The number of para-hydroxylation sites is 3. The zero-order valence-corrected chi connectivity index (χ0v) is 20.4. The topological polar surface area (TPSA) is 56.1 Å². The fourth-order valence-electron chi connectivity index (χ4n) is 4.28. The molecule has 5 heteroatoms. The molecule has 0 bridgehead atoms. The number of hydrogen-bond donors (Lipinski definition) is 1. The molecule has 0 saturated carbocycles. The van der Waals surface area contributed by atoms with E-state index in [1.165, 1.54) is 0 Å². The molecule has 1 N–H and O–H groups in total. The minimum Gasteiger partial charge on any atom is -0.493 e. The molecule has 0 aliphatic heterocycles. The maximum absolute atomic E-state index is 12.4. The number of nitrogens with zero attached hydrogens (tertiary/aromatic N) is 2. The van der Waals surface area contributed by atoms with Crippen LogP contribution in [0.1, 0.15) is 40.2 Å². The van der Waals surface area contributed by atoms with Crippen LogP contribution in [0.15, 0.2) is 85.5 Å². The second-order valence-electron chi connectivity index (χ2n) is 8.70. The summed E-state index contributed by atoms with van der Waals surface area (Å²) in [5.41, 5.74) is 5.08. The van der Waals surface area contributed by atoms with Gasteiger partial charge in [-0.15, -0.1) is 6.58 Å². The number of imidazole rings is 1. The normalized spacial score (nSPS) is 10.9. The van der Waals surface area contributed by atoms with Crippen molar-refractivity contribution >= 4 is 16.9 Å². The average molecular weight is 468 g/mol. The number of carbonyl (C=O) groups is 1. The summed E-state index contributed by atoms with van der Waals surface area (Å²) < 4.78 is 8.37. The van der Waals surface area contributed by atoms with Gasteiger partial charge in [-0.25, -0.2) is 4.98 Å². The molecule has 0 fully saturated rings. The van der Waals surface area contributed by atoms with Crippen LogP contribution in [-0.4, -0.2) is 28.6 Å². The summed E-state index contributed by atoms with van der Waals surface area (Å²) in [6.45, 7) is 7.90. The molecule has 0 aliphatic carbocycles. The van der Waals surface area contributed by atoms with E-state index in [-0.39, 0.29) is 5.91 Å². The van der Waals surface area contributed by atoms with Crippen LogP contribution in [-0.2, 0) is 19.4 Å². The molecule has 3 aromatic carbocycles. The van der Waals surface area contributed by atoms with Crippen molar-refractivity contribution < 1.29 is 9.53 Å². The average Bonchev–Trinajstić information content (AvgIpc) is 3.22. The Morgan fingerprint density at radius 3 is 2.74 bits per heavy atom. The summed E-state index contributed by atoms with van der Waals surface area (Å²) >= 11 is 0. The number of amides is 1. The quantitative estimate of drug-likeness (QED) is 0.208. The molecule has 4 rings (SSSR count). The summed E-state index contributed by atoms with van der Waals surface area (Å²) in [5.74, 6) is 1.94. The molecule has 0 atom stereocenters. The number of fused-ring (bicyclic) bond motifs is 1. The van der Waals surface area contributed by atoms with Gasteiger partial charge in [0.2, 0.25) is 0 Å². The van der Waals surface area contributed by atoms with Gasteiger partial charge in [0, 0.05) is 25.1 Å². The zero-order valence-electron chi connectivity index (χ0n) is 20.4. The standard InChI is InChI=1S/C30H33N3O2/c1-3-11-24-13-4-7-17-28(24)35-21-10-20-33-27-16-6-5-15-26(27)32-29(33)18-9-19-31-30(34)25-14-8-12-23(2)22-25/h3-8,12-17,22H,1,9-11,18-21H2,2H3,(H,31,34). The lowest BCUT2D eigenvalue weighted by Crippen LogP contribution is -2.25. The first-order chi connectivity index (χ1) is 17.2. The molecule has 0 aliphatic rings. The molecule has 1 heterocycles. The van der Waals surface area contributed by atoms with Crippen molar-refractivity contribution in [3.8, 4) is 5.75 Å². The van der Waals surface area contributed by atoms with Crippen LogP contribution in [0.25, 0.3) is 11.0 Å². The summed E-state index contributed by atoms with van der Waals surface area (Å²) in [4.78, 5) is 17.3. The minimum atomic E-state index is -0.0314. The molecule has 0 saturated heterocycles. The molecule has 5 nitrogen and oxygen atoms in total. The summed E-state index contributed by atoms with van der Waals surface area (Å²) in [5, 5.41) is 3.03. The van der Waals surface area contributed by atoms with Gasteiger partial charge in [0.1, 0.15) is 11.6 Å². The van der Waals surface area contributed by atoms with Crippen molar-refractivity contribution in [1.29, 1.82) is 0 Å². The maximum Gasteiger partial charge on any atom is 0.251 e. The lowest BCUT2D eigenvalue weighted by atomic mass is 10.1. The Morgan fingerprint density at radius 1 is 1.06 bits per heavy atom. The van der Waals surface area contributed by atoms with E-state index in [2.05, 4.69) is 34.7 Å². The third-order valence-electron chi connectivity index (χ3n) is 6.00. The smallest absolute Gasteiger partial charge is 0.251 e. The Bertz CT molecular complexity index is 1290. The first kappa shape index (κ1) is 24.3. The number of allylic oxidation sites excluding steroid dienone is 1. The fourth-order valence-corrected chi connectivity index (χ4v) is 4.28. The van der Waals surface area contributed by atoms with E-state index >= 15 is 0 Å². The lowest BCUT2D eigenvalue weighted by Gasteiger charge is -2.12. The number of aromatic nitrogens is 2. The number of rotatable bonds is 12. The highest BCUT2D eigenvalue weighted by molar-refractivity contribution is 5.94. The van der Waals surface area contributed by atoms with E-state index < -0.39 is 0 Å². The third kappa shape index (κ3) is 6.38. The zero-order chi connectivity index (χ0) is 24.5. The van der Waals surface area contributed by atoms with Crippen LogP contribution in [0.5, 0.6) is 5.75 Å². The molecule has 180 valence electrons. The van der Waals surface area contributed by atoms with Crippen LogP contribution in [0, 0.1) is 6.92 Å². The van der Waals surface area contributed by atoms with Crippen LogP contribution in [0.2, 0.25) is 0 Å². The molecule has 1 amide bonds. The predicted molar refractivity (Wildman–Crippen MR) is 142 cm³/mol. The third-order valence-corrected chi connectivity index (χ3v) is 6.00. The van der Waals surface area contributed by atoms with Crippen molar-refractivity contribution in [3.63, 3.8) is 0 Å². The fraction of sp³-hybridized carbons (Fsp3) is 0.267. The number of nitrogens with one attached hydrogen (secondary N) is 1. The lowest BCUT2D eigenvalue weighted by molar-refractivity contribution is 0.0953. The number of benzene rings is 3. The maximum atomic E-state index is 12.4. The molecular formula is C30H33N3O2. The number of carbonyl (C=O) groups excluding carboxylic acids is 1. The van der Waals surface area contributed by atoms with Crippen LogP contribution < -0.4 is 10.1 Å². The van der Waals surface area contributed by atoms with E-state index in [9.17, 15) is 4.79 Å². The van der Waals surface area contributed by atoms with E-state index in [1.807, 2.05) is 67.6 Å². The molecular weight excluding hydrogens is 434 g/mol. The van der Waals surface area contributed by atoms with Crippen LogP contribution >= 0.6 is 0 Å². The van der Waals surface area contributed by atoms with Crippen molar-refractivity contribution in [1.82, 2.24) is 14.9 Å². The molecule has 4 aromatic rings. The largest absolute Gasteiger partial charge is 0.493 e. The van der Waals surface area contributed by atoms with Crippen LogP contribution in [0.4, 0.5) is 0 Å². The highest BCUT2D eigenvalue weighted by atomic mass is 16.5. The Kier molecular flexibility index (Phi) is 8.34. The van der Waals surface area contributed by atoms with E-state index in [4.69, 9.17) is 9.72 Å². The summed E-state index contributed by atoms with van der Waals surface area (Å²) in [6, 6.07) is 24.0. The summed E-state index contributed by atoms with van der Waals surface area (Å²) in [7, 11) is 0. The van der Waals surface area contributed by atoms with Gasteiger partial charge in [0.15, 0.2) is 0 Å². The first-order valence-corrected chi connectivity index (χ1v) is 12.3. The van der Waals surface area contributed by atoms with Gasteiger partial charge in [-0.3, -0.25) is 4.79 Å². The van der Waals surface area contributed by atoms with Gasteiger partial charge in [0.05, 0.1) is 17.6 Å². The van der Waals surface area contributed by atoms with E-state index in [0.29, 0.717) is 18.7 Å². The minimum absolute atomic E-state index is 0.0314. The van der Waals surface area contributed by atoms with Crippen molar-refractivity contribution in [3.05, 3.63) is 108 Å². The van der Waals surface area contributed by atoms with Gasteiger partial charge < -0.3 is 14.6 Å². The van der Waals surface area contributed by atoms with Crippen LogP contribution in [0.3, 0.4) is 0 Å². The Balaban J connectivity index is 1.34. The second kappa shape index (κ2) is 12.0. The van der Waals surface area contributed by atoms with Gasteiger partial charge in [-0.1, -0.05) is 54.1 Å². The van der Waals surface area contributed by atoms with Crippen molar-refractivity contribution in [2.45, 2.75) is 39.2 Å². The van der Waals surface area contributed by atoms with Gasteiger partial charge in [0.25, 0.3) is 5.91 Å². The van der Waals surface area contributed by atoms with Gasteiger partial charge in [-0.05, 0) is 62.1 Å². The highest BCUT2D eigenvalue weighted by Crippen LogP contribution is 2.20. The number of ether oxygens (including phenoxy) is 1. The summed E-state index contributed by atoms with van der Waals surface area (Å²) in [6.07, 6.45) is 5.19. The van der Waals surface area contributed by atoms with Gasteiger partial charge in [-0.2, -0.15) is 0 Å². The molecule has 35 heavy (non-hydrogen) atoms. The Labute approximate surface area is 207 Å². The van der Waals surface area contributed by atoms with E-state index in [0.717, 1.165) is 66.0 Å². The molecule has 0 radical (unpaired) electrons. The second-order valence-corrected chi connectivity index (χ2v) is 8.70. The molecule has 0 unspecified atom stereocenters. The highest BCUT2D eigenvalue weighted by Gasteiger charge is 2.11. The van der Waals surface area contributed by atoms with Crippen molar-refractivity contribution in [2.75, 3.05) is 13.2 Å². The first-order valence-electron chi connectivity index (χ1n) is 12.3. The predicted octanol–water partition coefficient (Wildman–Crippen LogP) is 5.90. The van der Waals surface area contributed by atoms with Crippen molar-refractivity contribution in [2.24, 2.45) is 0 Å². The Hall–Kier alpha value is -3.86. The number of aryl methyl sites for hydroxylation is 3. The van der Waals surface area contributed by atoms with E-state index in [1.54, 1.807) is 0 Å². The molecule has 0 spiro atoms. The molecule has 1 aromatic heterocycles. The SMILES string of the molecule is C=CCc1ccccc1OCCCn1c(CCCNC(=O)c2cccc(C)c2)nc2ccccc21.